The molecular formula is C21H32O. The first-order valence-corrected chi connectivity index (χ1v) is 9.08. The van der Waals surface area contributed by atoms with Gasteiger partial charge in [0.05, 0.1) is 0 Å². The standard InChI is InChI=1S/C21H32O/c1-7-15-9-8-10-21(15)14(4)12-17-18(20(17,5)6)16(19(21)22)11-13(2)3/h7,14-18H,1-2,8-12H2,3-6H3/t14-,15-,16+,17-,18+,21-/m1/s1. The zero-order valence-corrected chi connectivity index (χ0v) is 14.8. The number of fused-ring (bicyclic) bond motifs is 1. The third-order valence-electron chi connectivity index (χ3n) is 7.48. The fourth-order valence-electron chi connectivity index (χ4n) is 6.28. The smallest absolute Gasteiger partial charge is 0.143 e. The lowest BCUT2D eigenvalue weighted by atomic mass is 9.61. The number of carbonyl (C=O) groups excluding carboxylic acids is 1. The predicted octanol–water partition coefficient (Wildman–Crippen LogP) is 5.42. The van der Waals surface area contributed by atoms with Gasteiger partial charge in [0.2, 0.25) is 0 Å². The van der Waals surface area contributed by atoms with Crippen LogP contribution < -0.4 is 0 Å². The molecule has 0 aromatic carbocycles. The van der Waals surface area contributed by atoms with E-state index in [0.717, 1.165) is 30.8 Å². The summed E-state index contributed by atoms with van der Waals surface area (Å²) in [6, 6.07) is 0. The zero-order valence-electron chi connectivity index (χ0n) is 14.8. The molecule has 0 bridgehead atoms. The van der Waals surface area contributed by atoms with Crippen LogP contribution in [0.5, 0.6) is 0 Å². The molecule has 3 aliphatic rings. The summed E-state index contributed by atoms with van der Waals surface area (Å²) in [4.78, 5) is 13.7. The number of ketones is 1. The fourth-order valence-corrected chi connectivity index (χ4v) is 6.28. The number of hydrogen-bond donors (Lipinski definition) is 0. The minimum Gasteiger partial charge on any atom is -0.299 e. The summed E-state index contributed by atoms with van der Waals surface area (Å²) in [5.41, 5.74) is 1.39. The Labute approximate surface area is 136 Å². The van der Waals surface area contributed by atoms with Crippen LogP contribution in [0.15, 0.2) is 24.8 Å². The maximum absolute atomic E-state index is 13.7. The summed E-state index contributed by atoms with van der Waals surface area (Å²) >= 11 is 0. The maximum Gasteiger partial charge on any atom is 0.143 e. The molecule has 0 saturated heterocycles. The summed E-state index contributed by atoms with van der Waals surface area (Å²) in [6.07, 6.45) is 7.61. The zero-order chi connectivity index (χ0) is 16.3. The Balaban J connectivity index is 2.02. The lowest BCUT2D eigenvalue weighted by molar-refractivity contribution is -0.138. The van der Waals surface area contributed by atoms with Crippen LogP contribution in [0.4, 0.5) is 0 Å². The molecule has 1 spiro atoms. The molecular weight excluding hydrogens is 268 g/mol. The largest absolute Gasteiger partial charge is 0.299 e. The van der Waals surface area contributed by atoms with Crippen molar-refractivity contribution in [1.82, 2.24) is 0 Å². The van der Waals surface area contributed by atoms with Gasteiger partial charge in [-0.25, -0.2) is 0 Å². The second kappa shape index (κ2) is 5.08. The van der Waals surface area contributed by atoms with Gasteiger partial charge in [-0.2, -0.15) is 0 Å². The Morgan fingerprint density at radius 1 is 1.41 bits per heavy atom. The lowest BCUT2D eigenvalue weighted by Gasteiger charge is -2.40. The number of Topliss-reactive ketones (excluding diaryl/α,β-unsaturated/α-hetero) is 1. The highest BCUT2D eigenvalue weighted by Crippen LogP contribution is 2.70. The van der Waals surface area contributed by atoms with Gasteiger partial charge in [0.1, 0.15) is 5.78 Å². The minimum atomic E-state index is -0.120. The van der Waals surface area contributed by atoms with E-state index < -0.39 is 0 Å². The molecule has 3 rings (SSSR count). The van der Waals surface area contributed by atoms with E-state index in [2.05, 4.69) is 46.9 Å². The van der Waals surface area contributed by atoms with Crippen LogP contribution in [0.1, 0.15) is 59.8 Å². The van der Waals surface area contributed by atoms with Gasteiger partial charge in [-0.05, 0) is 61.7 Å². The van der Waals surface area contributed by atoms with E-state index in [1.165, 1.54) is 12.8 Å². The maximum atomic E-state index is 13.7. The van der Waals surface area contributed by atoms with Crippen LogP contribution >= 0.6 is 0 Å². The van der Waals surface area contributed by atoms with Crippen molar-refractivity contribution in [3.05, 3.63) is 24.8 Å². The van der Waals surface area contributed by atoms with E-state index in [9.17, 15) is 4.79 Å². The van der Waals surface area contributed by atoms with Gasteiger partial charge in [0, 0.05) is 11.3 Å². The summed E-state index contributed by atoms with van der Waals surface area (Å²) in [5, 5.41) is 0. The summed E-state index contributed by atoms with van der Waals surface area (Å²) in [5.74, 6) is 2.94. The SMILES string of the molecule is C=C[C@@H]1CCC[C@]12C(=O)[C@@H](CC(=C)C)[C@H]1[C@@H](C[C@H]2C)C1(C)C. The molecule has 122 valence electrons. The Kier molecular flexibility index (Phi) is 3.70. The fraction of sp³-hybridized carbons (Fsp3) is 0.762. The third kappa shape index (κ3) is 2.00. The number of rotatable bonds is 3. The molecule has 0 aliphatic heterocycles. The van der Waals surface area contributed by atoms with Gasteiger partial charge in [-0.15, -0.1) is 13.2 Å². The normalized spacial score (nSPS) is 46.2. The predicted molar refractivity (Wildman–Crippen MR) is 92.4 cm³/mol. The molecule has 1 heteroatoms. The van der Waals surface area contributed by atoms with Gasteiger partial charge in [0.25, 0.3) is 0 Å². The van der Waals surface area contributed by atoms with Crippen molar-refractivity contribution in [3.63, 3.8) is 0 Å². The molecule has 3 fully saturated rings. The number of hydrogen-bond acceptors (Lipinski definition) is 1. The number of allylic oxidation sites excluding steroid dienone is 2. The Bertz CT molecular complexity index is 514. The minimum absolute atomic E-state index is 0.120. The van der Waals surface area contributed by atoms with E-state index in [4.69, 9.17) is 0 Å². The van der Waals surface area contributed by atoms with Gasteiger partial charge >= 0.3 is 0 Å². The first kappa shape index (κ1) is 16.0. The van der Waals surface area contributed by atoms with E-state index in [-0.39, 0.29) is 11.3 Å². The second-order valence-corrected chi connectivity index (χ2v) is 9.00. The van der Waals surface area contributed by atoms with Crippen LogP contribution in [0.2, 0.25) is 0 Å². The molecule has 3 saturated carbocycles. The quantitative estimate of drug-likeness (QED) is 0.636. The summed E-state index contributed by atoms with van der Waals surface area (Å²) < 4.78 is 0. The molecule has 0 aromatic heterocycles. The van der Waals surface area contributed by atoms with E-state index >= 15 is 0 Å². The van der Waals surface area contributed by atoms with Crippen molar-refractivity contribution in [2.24, 2.45) is 40.4 Å². The third-order valence-corrected chi connectivity index (χ3v) is 7.48. The van der Waals surface area contributed by atoms with Crippen molar-refractivity contribution < 1.29 is 4.79 Å². The van der Waals surface area contributed by atoms with Gasteiger partial charge < -0.3 is 0 Å². The summed E-state index contributed by atoms with van der Waals surface area (Å²) in [7, 11) is 0. The van der Waals surface area contributed by atoms with Gasteiger partial charge in [-0.1, -0.05) is 38.8 Å². The topological polar surface area (TPSA) is 17.1 Å². The first-order chi connectivity index (χ1) is 10.3. The lowest BCUT2D eigenvalue weighted by Crippen LogP contribution is -2.44. The highest BCUT2D eigenvalue weighted by atomic mass is 16.1. The van der Waals surface area contributed by atoms with Crippen LogP contribution in [0.25, 0.3) is 0 Å². The number of carbonyl (C=O) groups is 1. The van der Waals surface area contributed by atoms with Crippen molar-refractivity contribution in [1.29, 1.82) is 0 Å². The van der Waals surface area contributed by atoms with Crippen LogP contribution in [0.3, 0.4) is 0 Å². The molecule has 6 atom stereocenters. The van der Waals surface area contributed by atoms with Gasteiger partial charge in [-0.3, -0.25) is 4.79 Å². The summed E-state index contributed by atoms with van der Waals surface area (Å²) in [6.45, 7) is 17.3. The molecule has 0 unspecified atom stereocenters. The Hall–Kier alpha value is -0.850. The van der Waals surface area contributed by atoms with E-state index in [0.29, 0.717) is 29.0 Å². The van der Waals surface area contributed by atoms with Crippen molar-refractivity contribution in [2.45, 2.75) is 59.8 Å². The average Bonchev–Trinajstić information content (AvgIpc) is 2.84. The molecule has 22 heavy (non-hydrogen) atoms. The van der Waals surface area contributed by atoms with Crippen molar-refractivity contribution >= 4 is 5.78 Å². The molecule has 3 aliphatic carbocycles. The van der Waals surface area contributed by atoms with E-state index in [1.807, 2.05) is 0 Å². The molecule has 0 N–H and O–H groups in total. The van der Waals surface area contributed by atoms with Gasteiger partial charge in [0.15, 0.2) is 0 Å². The molecule has 0 radical (unpaired) electrons. The Morgan fingerprint density at radius 3 is 2.68 bits per heavy atom. The average molecular weight is 300 g/mol. The molecule has 0 amide bonds. The highest BCUT2D eigenvalue weighted by Gasteiger charge is 2.68. The van der Waals surface area contributed by atoms with Crippen LogP contribution in [-0.4, -0.2) is 5.78 Å². The highest BCUT2D eigenvalue weighted by molar-refractivity contribution is 5.89. The van der Waals surface area contributed by atoms with Crippen molar-refractivity contribution in [2.75, 3.05) is 0 Å². The second-order valence-electron chi connectivity index (χ2n) is 9.00. The van der Waals surface area contributed by atoms with E-state index in [1.54, 1.807) is 0 Å². The van der Waals surface area contributed by atoms with Crippen LogP contribution in [-0.2, 0) is 4.79 Å². The molecule has 0 aromatic rings. The van der Waals surface area contributed by atoms with Crippen LogP contribution in [0, 0.1) is 40.4 Å². The molecule has 1 nitrogen and oxygen atoms in total. The first-order valence-electron chi connectivity index (χ1n) is 9.08. The molecule has 0 heterocycles. The Morgan fingerprint density at radius 2 is 2.09 bits per heavy atom. The van der Waals surface area contributed by atoms with Crippen molar-refractivity contribution in [3.8, 4) is 0 Å². The monoisotopic (exact) mass is 300 g/mol.